The summed E-state index contributed by atoms with van der Waals surface area (Å²) in [5.41, 5.74) is 5.41. The van der Waals surface area contributed by atoms with Crippen LogP contribution in [0.4, 0.5) is 4.79 Å². The highest BCUT2D eigenvalue weighted by Crippen LogP contribution is 2.44. The molecule has 0 bridgehead atoms. The predicted octanol–water partition coefficient (Wildman–Crippen LogP) is 5.63. The third kappa shape index (κ3) is 5.00. The molecule has 0 aliphatic heterocycles. The molecule has 1 amide bonds. The summed E-state index contributed by atoms with van der Waals surface area (Å²) >= 11 is 0. The summed E-state index contributed by atoms with van der Waals surface area (Å²) in [6, 6.07) is 25.1. The van der Waals surface area contributed by atoms with Crippen molar-refractivity contribution in [3.05, 3.63) is 95.7 Å². The van der Waals surface area contributed by atoms with Gasteiger partial charge < -0.3 is 19.9 Å². The van der Waals surface area contributed by atoms with Gasteiger partial charge in [0.1, 0.15) is 18.1 Å². The van der Waals surface area contributed by atoms with E-state index in [-0.39, 0.29) is 11.6 Å². The SMILES string of the molecule is O=C(NCCCCOc1ccc2nc(C(=O)O)ccc2c1)OCC1c2ccccc2-c2ccccc21. The van der Waals surface area contributed by atoms with Gasteiger partial charge in [-0.3, -0.25) is 0 Å². The second kappa shape index (κ2) is 10.5. The van der Waals surface area contributed by atoms with E-state index >= 15 is 0 Å². The Labute approximate surface area is 208 Å². The number of alkyl carbamates (subject to hydrolysis) is 1. The van der Waals surface area contributed by atoms with Crippen molar-refractivity contribution in [1.29, 1.82) is 0 Å². The van der Waals surface area contributed by atoms with Crippen LogP contribution in [-0.2, 0) is 4.74 Å². The molecule has 0 fully saturated rings. The molecule has 1 aromatic heterocycles. The van der Waals surface area contributed by atoms with Crippen LogP contribution < -0.4 is 10.1 Å². The monoisotopic (exact) mass is 482 g/mol. The number of hydrogen-bond donors (Lipinski definition) is 2. The number of carboxylic acid groups (broad SMARTS) is 1. The fourth-order valence-electron chi connectivity index (χ4n) is 4.57. The number of carbonyl (C=O) groups is 2. The summed E-state index contributed by atoms with van der Waals surface area (Å²) in [5.74, 6) is -0.315. The number of hydrogen-bond acceptors (Lipinski definition) is 5. The Bertz CT molecular complexity index is 1370. The summed E-state index contributed by atoms with van der Waals surface area (Å²) < 4.78 is 11.3. The number of nitrogens with one attached hydrogen (secondary N) is 1. The third-order valence-corrected chi connectivity index (χ3v) is 6.33. The van der Waals surface area contributed by atoms with Crippen LogP contribution in [0.15, 0.2) is 78.9 Å². The number of aromatic carboxylic acids is 1. The molecule has 0 unspecified atom stereocenters. The van der Waals surface area contributed by atoms with E-state index in [4.69, 9.17) is 14.6 Å². The lowest BCUT2D eigenvalue weighted by atomic mass is 9.98. The van der Waals surface area contributed by atoms with Gasteiger partial charge in [0.25, 0.3) is 0 Å². The van der Waals surface area contributed by atoms with Gasteiger partial charge in [0.2, 0.25) is 0 Å². The highest BCUT2D eigenvalue weighted by molar-refractivity contribution is 5.90. The lowest BCUT2D eigenvalue weighted by Crippen LogP contribution is -2.27. The Kier molecular flexibility index (Phi) is 6.80. The van der Waals surface area contributed by atoms with Crippen molar-refractivity contribution in [2.75, 3.05) is 19.8 Å². The first-order valence-corrected chi connectivity index (χ1v) is 12.0. The van der Waals surface area contributed by atoms with Crippen LogP contribution >= 0.6 is 0 Å². The Hall–Kier alpha value is -4.39. The van der Waals surface area contributed by atoms with Crippen molar-refractivity contribution in [2.45, 2.75) is 18.8 Å². The normalized spacial score (nSPS) is 12.1. The molecule has 36 heavy (non-hydrogen) atoms. The Morgan fingerprint density at radius 1 is 0.889 bits per heavy atom. The Balaban J connectivity index is 1.04. The number of fused-ring (bicyclic) bond motifs is 4. The third-order valence-electron chi connectivity index (χ3n) is 6.33. The van der Waals surface area contributed by atoms with E-state index in [1.54, 1.807) is 18.2 Å². The molecular weight excluding hydrogens is 456 g/mol. The summed E-state index contributed by atoms with van der Waals surface area (Å²) in [6.07, 6.45) is 1.10. The Morgan fingerprint density at radius 2 is 1.61 bits per heavy atom. The zero-order chi connectivity index (χ0) is 24.9. The molecule has 7 heteroatoms. The quantitative estimate of drug-likeness (QED) is 0.300. The number of carboxylic acids is 1. The Morgan fingerprint density at radius 3 is 2.33 bits per heavy atom. The van der Waals surface area contributed by atoms with Crippen LogP contribution in [0.1, 0.15) is 40.4 Å². The minimum absolute atomic E-state index is 0.0140. The van der Waals surface area contributed by atoms with E-state index in [9.17, 15) is 9.59 Å². The fourth-order valence-corrected chi connectivity index (χ4v) is 4.57. The fraction of sp³-hybridized carbons (Fsp3) is 0.207. The number of rotatable bonds is 9. The van der Waals surface area contributed by atoms with Gasteiger partial charge >= 0.3 is 12.1 Å². The zero-order valence-electron chi connectivity index (χ0n) is 19.6. The van der Waals surface area contributed by atoms with Crippen LogP contribution in [0, 0.1) is 0 Å². The molecule has 4 aromatic rings. The zero-order valence-corrected chi connectivity index (χ0v) is 19.6. The number of carbonyl (C=O) groups excluding carboxylic acids is 1. The number of amides is 1. The topological polar surface area (TPSA) is 97.8 Å². The standard InChI is InChI=1S/C29H26N2O5/c32-28(33)27-13-11-19-17-20(12-14-26(19)31-27)35-16-6-5-15-30-29(34)36-18-25-23-9-3-1-7-21(23)22-8-2-4-10-24(22)25/h1-4,7-14,17,25H,5-6,15-16,18H2,(H,30,34)(H,32,33). The highest BCUT2D eigenvalue weighted by atomic mass is 16.5. The van der Waals surface area contributed by atoms with E-state index in [1.807, 2.05) is 30.3 Å². The largest absolute Gasteiger partial charge is 0.494 e. The van der Waals surface area contributed by atoms with E-state index in [1.165, 1.54) is 28.3 Å². The van der Waals surface area contributed by atoms with E-state index in [0.29, 0.717) is 31.0 Å². The van der Waals surface area contributed by atoms with E-state index in [0.717, 1.165) is 18.2 Å². The smallest absolute Gasteiger partial charge is 0.407 e. The van der Waals surface area contributed by atoms with Crippen molar-refractivity contribution in [1.82, 2.24) is 10.3 Å². The van der Waals surface area contributed by atoms with Crippen LogP contribution in [-0.4, -0.2) is 41.9 Å². The van der Waals surface area contributed by atoms with Gasteiger partial charge in [-0.25, -0.2) is 14.6 Å². The number of nitrogens with zero attached hydrogens (tertiary/aromatic N) is 1. The minimum atomic E-state index is -1.05. The lowest BCUT2D eigenvalue weighted by Gasteiger charge is -2.14. The summed E-state index contributed by atoms with van der Waals surface area (Å²) in [6.45, 7) is 1.30. The average molecular weight is 483 g/mol. The van der Waals surface area contributed by atoms with Gasteiger partial charge in [0.05, 0.1) is 12.1 Å². The molecule has 2 N–H and O–H groups in total. The number of pyridine rings is 1. The first-order valence-electron chi connectivity index (χ1n) is 12.0. The van der Waals surface area contributed by atoms with Crippen molar-refractivity contribution >= 4 is 23.0 Å². The van der Waals surface area contributed by atoms with Crippen molar-refractivity contribution in [3.8, 4) is 16.9 Å². The molecule has 5 rings (SSSR count). The molecule has 1 aliphatic carbocycles. The summed E-state index contributed by atoms with van der Waals surface area (Å²) in [4.78, 5) is 27.4. The van der Waals surface area contributed by atoms with E-state index in [2.05, 4.69) is 34.6 Å². The maximum atomic E-state index is 12.3. The first kappa shape index (κ1) is 23.4. The van der Waals surface area contributed by atoms with Crippen molar-refractivity contribution in [2.24, 2.45) is 0 Å². The summed E-state index contributed by atoms with van der Waals surface area (Å²) in [5, 5.41) is 12.7. The van der Waals surface area contributed by atoms with Gasteiger partial charge in [-0.2, -0.15) is 0 Å². The number of benzene rings is 3. The van der Waals surface area contributed by atoms with Crippen LogP contribution in [0.25, 0.3) is 22.0 Å². The minimum Gasteiger partial charge on any atom is -0.494 e. The number of ether oxygens (including phenoxy) is 2. The van der Waals surface area contributed by atoms with E-state index < -0.39 is 12.1 Å². The molecule has 7 nitrogen and oxygen atoms in total. The molecular formula is C29H26N2O5. The van der Waals surface area contributed by atoms with Crippen LogP contribution in [0.5, 0.6) is 5.75 Å². The number of unbranched alkanes of at least 4 members (excludes halogenated alkanes) is 1. The van der Waals surface area contributed by atoms with Gasteiger partial charge in [-0.15, -0.1) is 0 Å². The molecule has 0 saturated heterocycles. The second-order valence-electron chi connectivity index (χ2n) is 8.66. The number of aromatic nitrogens is 1. The molecule has 3 aromatic carbocycles. The first-order chi connectivity index (χ1) is 17.6. The van der Waals surface area contributed by atoms with Crippen LogP contribution in [0.2, 0.25) is 0 Å². The van der Waals surface area contributed by atoms with Crippen molar-refractivity contribution < 1.29 is 24.2 Å². The molecule has 0 radical (unpaired) electrons. The molecule has 0 atom stereocenters. The maximum absolute atomic E-state index is 12.3. The molecule has 0 spiro atoms. The molecule has 0 saturated carbocycles. The highest BCUT2D eigenvalue weighted by Gasteiger charge is 2.28. The predicted molar refractivity (Wildman–Crippen MR) is 137 cm³/mol. The van der Waals surface area contributed by atoms with Gasteiger partial charge in [0, 0.05) is 17.8 Å². The second-order valence-corrected chi connectivity index (χ2v) is 8.66. The lowest BCUT2D eigenvalue weighted by molar-refractivity contribution is 0.0691. The molecule has 1 heterocycles. The van der Waals surface area contributed by atoms with Gasteiger partial charge in [-0.05, 0) is 59.4 Å². The molecule has 182 valence electrons. The van der Waals surface area contributed by atoms with Crippen molar-refractivity contribution in [3.63, 3.8) is 0 Å². The maximum Gasteiger partial charge on any atom is 0.407 e. The summed E-state index contributed by atoms with van der Waals surface area (Å²) in [7, 11) is 0. The average Bonchev–Trinajstić information content (AvgIpc) is 3.22. The van der Waals surface area contributed by atoms with Gasteiger partial charge in [-0.1, -0.05) is 54.6 Å². The van der Waals surface area contributed by atoms with Gasteiger partial charge in [0.15, 0.2) is 0 Å². The molecule has 1 aliphatic rings. The van der Waals surface area contributed by atoms with Crippen LogP contribution in [0.3, 0.4) is 0 Å².